The van der Waals surface area contributed by atoms with Crippen LogP contribution in [0.4, 0.5) is 0 Å². The van der Waals surface area contributed by atoms with Crippen LogP contribution in [0.25, 0.3) is 0 Å². The van der Waals surface area contributed by atoms with E-state index in [0.29, 0.717) is 0 Å². The Bertz CT molecular complexity index is 351. The number of hydrogen-bond donors (Lipinski definition) is 0. The first kappa shape index (κ1) is 12.2. The third-order valence-electron chi connectivity index (χ3n) is 2.07. The SMILES string of the molecule is BrC(c1ccccc1)c1cccnc1.Cl. The van der Waals surface area contributed by atoms with E-state index in [0.717, 1.165) is 0 Å². The fourth-order valence-electron chi connectivity index (χ4n) is 1.34. The van der Waals surface area contributed by atoms with Gasteiger partial charge in [-0.2, -0.15) is 0 Å². The fourth-order valence-corrected chi connectivity index (χ4v) is 1.92. The molecule has 0 spiro atoms. The average Bonchev–Trinajstić information content (AvgIpc) is 2.30. The minimum atomic E-state index is 0. The molecular weight excluding hydrogens is 273 g/mol. The molecule has 0 aliphatic heterocycles. The summed E-state index contributed by atoms with van der Waals surface area (Å²) in [4.78, 5) is 4.33. The molecular formula is C12H11BrClN. The number of rotatable bonds is 2. The first-order chi connectivity index (χ1) is 6.88. The summed E-state index contributed by atoms with van der Waals surface area (Å²) in [5.74, 6) is 0. The summed E-state index contributed by atoms with van der Waals surface area (Å²) in [6.07, 6.45) is 3.67. The number of aromatic nitrogens is 1. The normalized spacial score (nSPS) is 11.5. The zero-order valence-electron chi connectivity index (χ0n) is 8.01. The van der Waals surface area contributed by atoms with Crippen LogP contribution < -0.4 is 0 Å². The lowest BCUT2D eigenvalue weighted by Crippen LogP contribution is -1.92. The number of benzene rings is 1. The summed E-state index contributed by atoms with van der Waals surface area (Å²) < 4.78 is 0. The molecule has 78 valence electrons. The molecule has 0 saturated carbocycles. The molecule has 1 heterocycles. The van der Waals surface area contributed by atoms with Crippen LogP contribution in [-0.2, 0) is 0 Å². The lowest BCUT2D eigenvalue weighted by molar-refractivity contribution is 1.13. The zero-order valence-corrected chi connectivity index (χ0v) is 10.4. The Balaban J connectivity index is 0.00000112. The van der Waals surface area contributed by atoms with Crippen molar-refractivity contribution in [3.63, 3.8) is 0 Å². The third kappa shape index (κ3) is 3.05. The first-order valence-corrected chi connectivity index (χ1v) is 5.38. The van der Waals surface area contributed by atoms with Gasteiger partial charge in [0.25, 0.3) is 0 Å². The van der Waals surface area contributed by atoms with Gasteiger partial charge in [-0.3, -0.25) is 4.98 Å². The van der Waals surface area contributed by atoms with Crippen LogP contribution in [0.5, 0.6) is 0 Å². The standard InChI is InChI=1S/C12H10BrN.ClH/c13-12(10-5-2-1-3-6-10)11-7-4-8-14-9-11;/h1-9,12H;1H. The molecule has 1 atom stereocenters. The number of nitrogens with zero attached hydrogens (tertiary/aromatic N) is 1. The molecule has 1 aromatic carbocycles. The third-order valence-corrected chi connectivity index (χ3v) is 3.13. The number of halogens is 2. The quantitative estimate of drug-likeness (QED) is 0.760. The van der Waals surface area contributed by atoms with Gasteiger partial charge in [-0.1, -0.05) is 52.3 Å². The summed E-state index contributed by atoms with van der Waals surface area (Å²) in [5, 5.41) is 0. The highest BCUT2D eigenvalue weighted by molar-refractivity contribution is 9.09. The smallest absolute Gasteiger partial charge is 0.0659 e. The number of alkyl halides is 1. The summed E-state index contributed by atoms with van der Waals surface area (Å²) >= 11 is 3.65. The Kier molecular flexibility index (Phi) is 4.79. The Labute approximate surface area is 104 Å². The van der Waals surface area contributed by atoms with E-state index in [1.165, 1.54) is 11.1 Å². The van der Waals surface area contributed by atoms with Gasteiger partial charge in [0.2, 0.25) is 0 Å². The Morgan fingerprint density at radius 1 is 0.933 bits per heavy atom. The average molecular weight is 285 g/mol. The maximum Gasteiger partial charge on any atom is 0.0659 e. The molecule has 2 aromatic rings. The van der Waals surface area contributed by atoms with E-state index in [1.54, 1.807) is 6.20 Å². The lowest BCUT2D eigenvalue weighted by Gasteiger charge is -2.09. The molecule has 15 heavy (non-hydrogen) atoms. The zero-order chi connectivity index (χ0) is 9.80. The molecule has 0 N–H and O–H groups in total. The topological polar surface area (TPSA) is 12.9 Å². The van der Waals surface area contributed by atoms with Gasteiger partial charge < -0.3 is 0 Å². The van der Waals surface area contributed by atoms with Crippen LogP contribution in [0.1, 0.15) is 16.0 Å². The number of pyridine rings is 1. The molecule has 0 amide bonds. The van der Waals surface area contributed by atoms with E-state index in [2.05, 4.69) is 39.1 Å². The van der Waals surface area contributed by atoms with Gasteiger partial charge in [0.1, 0.15) is 0 Å². The summed E-state index contributed by atoms with van der Waals surface area (Å²) in [5.41, 5.74) is 2.43. The van der Waals surface area contributed by atoms with Crippen molar-refractivity contribution in [2.24, 2.45) is 0 Å². The van der Waals surface area contributed by atoms with Gasteiger partial charge in [-0.25, -0.2) is 0 Å². The maximum atomic E-state index is 4.10. The molecule has 1 nitrogen and oxygen atoms in total. The second-order valence-electron chi connectivity index (χ2n) is 3.06. The van der Waals surface area contributed by atoms with Crippen LogP contribution in [0.15, 0.2) is 54.9 Å². The van der Waals surface area contributed by atoms with Gasteiger partial charge in [0.15, 0.2) is 0 Å². The van der Waals surface area contributed by atoms with Gasteiger partial charge in [-0.05, 0) is 17.2 Å². The van der Waals surface area contributed by atoms with Crippen LogP contribution in [0.2, 0.25) is 0 Å². The summed E-state index contributed by atoms with van der Waals surface area (Å²) in [7, 11) is 0. The first-order valence-electron chi connectivity index (χ1n) is 4.47. The molecule has 2 rings (SSSR count). The van der Waals surface area contributed by atoms with E-state index in [1.807, 2.05) is 30.5 Å². The minimum Gasteiger partial charge on any atom is -0.264 e. The highest BCUT2D eigenvalue weighted by Gasteiger charge is 2.08. The molecule has 1 aromatic heterocycles. The molecule has 0 radical (unpaired) electrons. The maximum absolute atomic E-state index is 4.10. The van der Waals surface area contributed by atoms with E-state index in [9.17, 15) is 0 Å². The molecule has 1 unspecified atom stereocenters. The Morgan fingerprint density at radius 2 is 1.60 bits per heavy atom. The molecule has 0 saturated heterocycles. The van der Waals surface area contributed by atoms with Gasteiger partial charge in [0.05, 0.1) is 4.83 Å². The molecule has 3 heteroatoms. The predicted molar refractivity (Wildman–Crippen MR) is 68.7 cm³/mol. The second-order valence-corrected chi connectivity index (χ2v) is 3.98. The van der Waals surface area contributed by atoms with Crippen molar-refractivity contribution in [1.29, 1.82) is 0 Å². The van der Waals surface area contributed by atoms with Crippen LogP contribution >= 0.6 is 28.3 Å². The van der Waals surface area contributed by atoms with E-state index < -0.39 is 0 Å². The lowest BCUT2D eigenvalue weighted by atomic mass is 10.1. The monoisotopic (exact) mass is 283 g/mol. The van der Waals surface area contributed by atoms with Crippen molar-refractivity contribution < 1.29 is 0 Å². The second kappa shape index (κ2) is 5.89. The van der Waals surface area contributed by atoms with E-state index >= 15 is 0 Å². The van der Waals surface area contributed by atoms with Crippen molar-refractivity contribution in [2.75, 3.05) is 0 Å². The van der Waals surface area contributed by atoms with Crippen molar-refractivity contribution in [2.45, 2.75) is 4.83 Å². The van der Waals surface area contributed by atoms with Gasteiger partial charge in [0, 0.05) is 12.4 Å². The van der Waals surface area contributed by atoms with E-state index in [-0.39, 0.29) is 17.2 Å². The number of hydrogen-bond acceptors (Lipinski definition) is 1. The predicted octanol–water partition coefficient (Wildman–Crippen LogP) is 3.99. The van der Waals surface area contributed by atoms with Gasteiger partial charge in [-0.15, -0.1) is 12.4 Å². The van der Waals surface area contributed by atoms with Crippen LogP contribution in [0.3, 0.4) is 0 Å². The molecule has 0 bridgehead atoms. The summed E-state index contributed by atoms with van der Waals surface area (Å²) in [6.45, 7) is 0. The summed E-state index contributed by atoms with van der Waals surface area (Å²) in [6, 6.07) is 14.3. The minimum absolute atomic E-state index is 0. The Morgan fingerprint density at radius 3 is 2.20 bits per heavy atom. The molecule has 0 fully saturated rings. The van der Waals surface area contributed by atoms with Crippen molar-refractivity contribution >= 4 is 28.3 Å². The highest BCUT2D eigenvalue weighted by Crippen LogP contribution is 2.29. The van der Waals surface area contributed by atoms with Crippen LogP contribution in [0, 0.1) is 0 Å². The van der Waals surface area contributed by atoms with Crippen molar-refractivity contribution in [3.8, 4) is 0 Å². The molecule has 0 aliphatic rings. The highest BCUT2D eigenvalue weighted by atomic mass is 79.9. The molecule has 0 aliphatic carbocycles. The van der Waals surface area contributed by atoms with Gasteiger partial charge >= 0.3 is 0 Å². The van der Waals surface area contributed by atoms with Crippen molar-refractivity contribution in [3.05, 3.63) is 66.0 Å². The fraction of sp³-hybridized carbons (Fsp3) is 0.0833. The van der Waals surface area contributed by atoms with E-state index in [4.69, 9.17) is 0 Å². The largest absolute Gasteiger partial charge is 0.264 e. The van der Waals surface area contributed by atoms with Crippen molar-refractivity contribution in [1.82, 2.24) is 4.98 Å². The Hall–Kier alpha value is -0.860. The van der Waals surface area contributed by atoms with Crippen LogP contribution in [-0.4, -0.2) is 4.98 Å².